The molecule has 1 unspecified atom stereocenters. The molecule has 0 fully saturated rings. The molecule has 1 aliphatic rings. The number of rotatable bonds is 3. The van der Waals surface area contributed by atoms with Crippen LogP contribution in [0.5, 0.6) is 0 Å². The molecule has 1 atom stereocenters. The van der Waals surface area contributed by atoms with Crippen LogP contribution < -0.4 is 5.73 Å². The fourth-order valence-corrected chi connectivity index (χ4v) is 2.63. The number of aryl methyl sites for hydroxylation is 1. The first-order chi connectivity index (χ1) is 9.63. The van der Waals surface area contributed by atoms with Crippen LogP contribution >= 0.6 is 0 Å². The van der Waals surface area contributed by atoms with Crippen LogP contribution in [0.3, 0.4) is 0 Å². The van der Waals surface area contributed by atoms with E-state index in [0.717, 1.165) is 6.42 Å². The first-order valence-electron chi connectivity index (χ1n) is 6.52. The lowest BCUT2D eigenvalue weighted by Gasteiger charge is -2.33. The van der Waals surface area contributed by atoms with Crippen LogP contribution in [-0.4, -0.2) is 27.5 Å². The summed E-state index contributed by atoms with van der Waals surface area (Å²) in [5, 5.41) is 7.96. The van der Waals surface area contributed by atoms with E-state index < -0.39 is 0 Å². The molecule has 0 aliphatic carbocycles. The molecule has 0 radical (unpaired) electrons. The van der Waals surface area contributed by atoms with Crippen molar-refractivity contribution < 1.29 is 9.21 Å². The lowest BCUT2D eigenvalue weighted by molar-refractivity contribution is -0.120. The molecule has 2 N–H and O–H groups in total. The first kappa shape index (κ1) is 12.8. The van der Waals surface area contributed by atoms with Crippen molar-refractivity contribution in [3.8, 4) is 0 Å². The number of hydrogen-bond donors (Lipinski definition) is 1. The molecule has 0 bridgehead atoms. The van der Waals surface area contributed by atoms with Crippen LogP contribution in [0.2, 0.25) is 0 Å². The number of primary amides is 1. The number of hydrogen-bond acceptors (Lipinski definition) is 5. The van der Waals surface area contributed by atoms with Gasteiger partial charge < -0.3 is 10.2 Å². The Labute approximate surface area is 116 Å². The maximum absolute atomic E-state index is 11.3. The van der Waals surface area contributed by atoms with E-state index in [9.17, 15) is 4.79 Å². The van der Waals surface area contributed by atoms with Crippen molar-refractivity contribution in [2.75, 3.05) is 6.54 Å². The highest BCUT2D eigenvalue weighted by Gasteiger charge is 2.31. The average Bonchev–Trinajstić information content (AvgIpc) is 2.84. The number of nitrogens with two attached hydrogens (primary N) is 1. The molecule has 0 spiro atoms. The molecule has 20 heavy (non-hydrogen) atoms. The molecule has 2 heterocycles. The van der Waals surface area contributed by atoms with E-state index in [4.69, 9.17) is 10.2 Å². The van der Waals surface area contributed by atoms with Gasteiger partial charge in [-0.2, -0.15) is 0 Å². The number of carbonyl (C=O) groups excluding carboxylic acids is 1. The zero-order valence-electron chi connectivity index (χ0n) is 11.2. The van der Waals surface area contributed by atoms with E-state index >= 15 is 0 Å². The summed E-state index contributed by atoms with van der Waals surface area (Å²) < 4.78 is 5.53. The summed E-state index contributed by atoms with van der Waals surface area (Å²) >= 11 is 0. The van der Waals surface area contributed by atoms with Crippen LogP contribution in [0.25, 0.3) is 0 Å². The number of carbonyl (C=O) groups is 1. The van der Waals surface area contributed by atoms with Gasteiger partial charge in [0, 0.05) is 13.5 Å². The summed E-state index contributed by atoms with van der Waals surface area (Å²) in [6.45, 7) is 2.59. The van der Waals surface area contributed by atoms with Crippen LogP contribution in [0.1, 0.15) is 29.0 Å². The van der Waals surface area contributed by atoms with E-state index in [-0.39, 0.29) is 18.5 Å². The van der Waals surface area contributed by atoms with Gasteiger partial charge in [0.2, 0.25) is 17.7 Å². The highest BCUT2D eigenvalue weighted by atomic mass is 16.4. The Morgan fingerprint density at radius 1 is 1.40 bits per heavy atom. The lowest BCUT2D eigenvalue weighted by atomic mass is 9.94. The van der Waals surface area contributed by atoms with Crippen molar-refractivity contribution in [3.05, 3.63) is 47.2 Å². The molecule has 3 rings (SSSR count). The van der Waals surface area contributed by atoms with E-state index in [1.165, 1.54) is 11.1 Å². The van der Waals surface area contributed by atoms with Crippen molar-refractivity contribution in [3.63, 3.8) is 0 Å². The summed E-state index contributed by atoms with van der Waals surface area (Å²) in [6.07, 6.45) is 0.741. The van der Waals surface area contributed by atoms with Gasteiger partial charge >= 0.3 is 0 Å². The SMILES string of the molecule is Cc1nnc(C2Cc3ccccc3CN2CC(N)=O)o1. The molecule has 6 nitrogen and oxygen atoms in total. The third-order valence-electron chi connectivity index (χ3n) is 3.53. The zero-order chi connectivity index (χ0) is 14.1. The molecule has 1 amide bonds. The smallest absolute Gasteiger partial charge is 0.233 e. The van der Waals surface area contributed by atoms with Gasteiger partial charge in [-0.15, -0.1) is 10.2 Å². The Hall–Kier alpha value is -2.21. The van der Waals surface area contributed by atoms with Crippen LogP contribution in [0.4, 0.5) is 0 Å². The third kappa shape index (κ3) is 2.42. The quantitative estimate of drug-likeness (QED) is 0.899. The van der Waals surface area contributed by atoms with Gasteiger partial charge in [-0.25, -0.2) is 0 Å². The molecule has 0 saturated heterocycles. The minimum absolute atomic E-state index is 0.0985. The Bertz CT molecular complexity index is 638. The first-order valence-corrected chi connectivity index (χ1v) is 6.52. The van der Waals surface area contributed by atoms with Crippen molar-refractivity contribution in [1.29, 1.82) is 0 Å². The molecule has 2 aromatic rings. The zero-order valence-corrected chi connectivity index (χ0v) is 11.2. The summed E-state index contributed by atoms with van der Waals surface area (Å²) in [4.78, 5) is 13.3. The average molecular weight is 272 g/mol. The molecule has 0 saturated carbocycles. The van der Waals surface area contributed by atoms with Crippen molar-refractivity contribution in [1.82, 2.24) is 15.1 Å². The van der Waals surface area contributed by atoms with E-state index in [0.29, 0.717) is 18.3 Å². The second-order valence-electron chi connectivity index (χ2n) is 5.02. The molecular weight excluding hydrogens is 256 g/mol. The minimum atomic E-state index is -0.356. The van der Waals surface area contributed by atoms with Crippen LogP contribution in [-0.2, 0) is 17.8 Å². The second kappa shape index (κ2) is 5.05. The Morgan fingerprint density at radius 2 is 2.15 bits per heavy atom. The number of nitrogens with zero attached hydrogens (tertiary/aromatic N) is 3. The number of amides is 1. The molecule has 1 aromatic heterocycles. The Morgan fingerprint density at radius 3 is 2.80 bits per heavy atom. The lowest BCUT2D eigenvalue weighted by Crippen LogP contribution is -2.40. The van der Waals surface area contributed by atoms with Crippen LogP contribution in [0, 0.1) is 6.92 Å². The predicted molar refractivity (Wildman–Crippen MR) is 71.5 cm³/mol. The van der Waals surface area contributed by atoms with Crippen molar-refractivity contribution in [2.45, 2.75) is 25.9 Å². The second-order valence-corrected chi connectivity index (χ2v) is 5.02. The van der Waals surface area contributed by atoms with Gasteiger partial charge in [0.05, 0.1) is 12.6 Å². The van der Waals surface area contributed by atoms with Gasteiger partial charge in [0.1, 0.15) is 0 Å². The predicted octanol–water partition coefficient (Wildman–Crippen LogP) is 0.963. The Kier molecular flexibility index (Phi) is 3.23. The fourth-order valence-electron chi connectivity index (χ4n) is 2.63. The maximum Gasteiger partial charge on any atom is 0.233 e. The topological polar surface area (TPSA) is 85.3 Å². The number of benzene rings is 1. The molecule has 104 valence electrons. The van der Waals surface area contributed by atoms with Gasteiger partial charge in [-0.1, -0.05) is 24.3 Å². The highest BCUT2D eigenvalue weighted by Crippen LogP contribution is 2.32. The van der Waals surface area contributed by atoms with Crippen LogP contribution in [0.15, 0.2) is 28.7 Å². The normalized spacial score (nSPS) is 18.8. The van der Waals surface area contributed by atoms with Crippen molar-refractivity contribution in [2.24, 2.45) is 5.73 Å². The monoisotopic (exact) mass is 272 g/mol. The van der Waals surface area contributed by atoms with E-state index in [1.807, 2.05) is 17.0 Å². The van der Waals surface area contributed by atoms with E-state index in [2.05, 4.69) is 22.3 Å². The molecular formula is C14H16N4O2. The summed E-state index contributed by atoms with van der Waals surface area (Å²) in [5.41, 5.74) is 7.80. The van der Waals surface area contributed by atoms with Gasteiger partial charge in [0.15, 0.2) is 0 Å². The highest BCUT2D eigenvalue weighted by molar-refractivity contribution is 5.76. The maximum atomic E-state index is 11.3. The molecule has 1 aromatic carbocycles. The Balaban J connectivity index is 1.95. The third-order valence-corrected chi connectivity index (χ3v) is 3.53. The fraction of sp³-hybridized carbons (Fsp3) is 0.357. The number of fused-ring (bicyclic) bond motifs is 1. The standard InChI is InChI=1S/C14H16N4O2/c1-9-16-17-14(20-9)12-6-10-4-2-3-5-11(10)7-18(12)8-13(15)19/h2-5,12H,6-8H2,1H3,(H2,15,19). The minimum Gasteiger partial charge on any atom is -0.424 e. The van der Waals surface area contributed by atoms with Gasteiger partial charge in [0.25, 0.3) is 0 Å². The summed E-state index contributed by atoms with van der Waals surface area (Å²) in [7, 11) is 0. The summed E-state index contributed by atoms with van der Waals surface area (Å²) in [5.74, 6) is 0.710. The number of aromatic nitrogens is 2. The summed E-state index contributed by atoms with van der Waals surface area (Å²) in [6, 6.07) is 8.07. The van der Waals surface area contributed by atoms with Gasteiger partial charge in [-0.05, 0) is 17.5 Å². The largest absolute Gasteiger partial charge is 0.424 e. The van der Waals surface area contributed by atoms with E-state index in [1.54, 1.807) is 6.92 Å². The van der Waals surface area contributed by atoms with Gasteiger partial charge in [-0.3, -0.25) is 9.69 Å². The molecule has 6 heteroatoms. The molecule has 1 aliphatic heterocycles. The van der Waals surface area contributed by atoms with Crippen molar-refractivity contribution >= 4 is 5.91 Å².